The first-order chi connectivity index (χ1) is 7.84. The fourth-order valence-electron chi connectivity index (χ4n) is 2.98. The van der Waals surface area contributed by atoms with Crippen molar-refractivity contribution in [2.45, 2.75) is 19.3 Å². The first-order valence-corrected chi connectivity index (χ1v) is 5.92. The molecule has 0 radical (unpaired) electrons. The van der Waals surface area contributed by atoms with Crippen LogP contribution in [0.2, 0.25) is 0 Å². The van der Waals surface area contributed by atoms with E-state index in [0.29, 0.717) is 0 Å². The summed E-state index contributed by atoms with van der Waals surface area (Å²) in [4.78, 5) is 4.77. The molecular weight excluding hydrogens is 194 g/mol. The SMILES string of the molecule is Cc1c2c(nc3ccccc13)C=CC1CC21. The van der Waals surface area contributed by atoms with Crippen molar-refractivity contribution in [3.05, 3.63) is 47.2 Å². The van der Waals surface area contributed by atoms with E-state index < -0.39 is 0 Å². The van der Waals surface area contributed by atoms with Gasteiger partial charge in [-0.1, -0.05) is 24.3 Å². The summed E-state index contributed by atoms with van der Waals surface area (Å²) in [6.07, 6.45) is 5.86. The number of allylic oxidation sites excluding steroid dienone is 1. The molecule has 1 fully saturated rings. The van der Waals surface area contributed by atoms with E-state index in [2.05, 4.69) is 43.3 Å². The summed E-state index contributed by atoms with van der Waals surface area (Å²) >= 11 is 0. The summed E-state index contributed by atoms with van der Waals surface area (Å²) in [6, 6.07) is 8.46. The van der Waals surface area contributed by atoms with Gasteiger partial charge >= 0.3 is 0 Å². The Hall–Kier alpha value is -1.63. The Morgan fingerprint density at radius 3 is 3.06 bits per heavy atom. The van der Waals surface area contributed by atoms with Gasteiger partial charge in [-0.15, -0.1) is 0 Å². The van der Waals surface area contributed by atoms with E-state index in [1.807, 2.05) is 0 Å². The van der Waals surface area contributed by atoms with Crippen molar-refractivity contribution in [2.75, 3.05) is 0 Å². The molecule has 0 bridgehead atoms. The van der Waals surface area contributed by atoms with Gasteiger partial charge in [0.15, 0.2) is 0 Å². The zero-order valence-electron chi connectivity index (χ0n) is 9.27. The van der Waals surface area contributed by atoms with Crippen molar-refractivity contribution < 1.29 is 0 Å². The van der Waals surface area contributed by atoms with Crippen LogP contribution in [-0.2, 0) is 0 Å². The minimum atomic E-state index is 0.761. The molecule has 2 atom stereocenters. The molecule has 2 aromatic rings. The average Bonchev–Trinajstić information content (AvgIpc) is 3.08. The summed E-state index contributed by atoms with van der Waals surface area (Å²) in [5.74, 6) is 1.56. The first-order valence-electron chi connectivity index (χ1n) is 5.92. The lowest BCUT2D eigenvalue weighted by atomic mass is 9.94. The van der Waals surface area contributed by atoms with Gasteiger partial charge in [0, 0.05) is 5.39 Å². The summed E-state index contributed by atoms with van der Waals surface area (Å²) in [6.45, 7) is 2.25. The van der Waals surface area contributed by atoms with Gasteiger partial charge in [0.2, 0.25) is 0 Å². The molecule has 0 spiro atoms. The van der Waals surface area contributed by atoms with E-state index in [1.165, 1.54) is 28.6 Å². The third kappa shape index (κ3) is 0.981. The van der Waals surface area contributed by atoms with Gasteiger partial charge in [-0.25, -0.2) is 4.98 Å². The maximum absolute atomic E-state index is 4.77. The molecule has 2 unspecified atom stereocenters. The highest BCUT2D eigenvalue weighted by molar-refractivity contribution is 5.85. The molecule has 78 valence electrons. The molecule has 4 rings (SSSR count). The van der Waals surface area contributed by atoms with E-state index in [4.69, 9.17) is 4.98 Å². The molecule has 1 aromatic carbocycles. The van der Waals surface area contributed by atoms with Crippen LogP contribution in [0.25, 0.3) is 17.0 Å². The summed E-state index contributed by atoms with van der Waals surface area (Å²) in [7, 11) is 0. The van der Waals surface area contributed by atoms with Crippen LogP contribution in [0, 0.1) is 12.8 Å². The predicted octanol–water partition coefficient (Wildman–Crippen LogP) is 3.67. The van der Waals surface area contributed by atoms with Gasteiger partial charge in [-0.05, 0) is 48.4 Å². The second kappa shape index (κ2) is 2.73. The number of para-hydroxylation sites is 1. The number of hydrogen-bond acceptors (Lipinski definition) is 1. The van der Waals surface area contributed by atoms with Crippen LogP contribution < -0.4 is 0 Å². The van der Waals surface area contributed by atoms with Crippen molar-refractivity contribution in [1.82, 2.24) is 4.98 Å². The Bertz CT molecular complexity index is 625. The molecule has 1 heteroatoms. The number of benzene rings is 1. The van der Waals surface area contributed by atoms with Crippen LogP contribution in [0.4, 0.5) is 0 Å². The molecule has 16 heavy (non-hydrogen) atoms. The summed E-state index contributed by atoms with van der Waals surface area (Å²) in [5, 5.41) is 1.32. The lowest BCUT2D eigenvalue weighted by Gasteiger charge is -2.14. The van der Waals surface area contributed by atoms with Crippen LogP contribution in [0.15, 0.2) is 30.3 Å². The predicted molar refractivity (Wildman–Crippen MR) is 66.4 cm³/mol. The standard InChI is InChI=1S/C15H13N/c1-9-11-4-2-3-5-13(11)16-14-7-6-10-8-12(10)15(9)14/h2-7,10,12H,8H2,1H3. The Balaban J connectivity index is 2.14. The third-order valence-electron chi connectivity index (χ3n) is 3.94. The van der Waals surface area contributed by atoms with Crippen LogP contribution in [-0.4, -0.2) is 4.98 Å². The second-order valence-electron chi connectivity index (χ2n) is 4.92. The molecule has 0 N–H and O–H groups in total. The van der Waals surface area contributed by atoms with Gasteiger partial charge in [0.1, 0.15) is 0 Å². The van der Waals surface area contributed by atoms with E-state index >= 15 is 0 Å². The summed E-state index contributed by atoms with van der Waals surface area (Å²) in [5.41, 5.74) is 5.28. The van der Waals surface area contributed by atoms with Crippen molar-refractivity contribution in [2.24, 2.45) is 5.92 Å². The highest BCUT2D eigenvalue weighted by atomic mass is 14.7. The lowest BCUT2D eigenvalue weighted by Crippen LogP contribution is -2.00. The minimum Gasteiger partial charge on any atom is -0.248 e. The second-order valence-corrected chi connectivity index (χ2v) is 4.92. The van der Waals surface area contributed by atoms with Gasteiger partial charge < -0.3 is 0 Å². The largest absolute Gasteiger partial charge is 0.248 e. The highest BCUT2D eigenvalue weighted by Crippen LogP contribution is 2.53. The smallest absolute Gasteiger partial charge is 0.0712 e. The van der Waals surface area contributed by atoms with Gasteiger partial charge in [0.25, 0.3) is 0 Å². The van der Waals surface area contributed by atoms with E-state index in [-0.39, 0.29) is 0 Å². The van der Waals surface area contributed by atoms with Crippen molar-refractivity contribution in [3.63, 3.8) is 0 Å². The zero-order valence-corrected chi connectivity index (χ0v) is 9.27. The van der Waals surface area contributed by atoms with Crippen LogP contribution in [0.1, 0.15) is 29.2 Å². The van der Waals surface area contributed by atoms with E-state index in [1.54, 1.807) is 0 Å². The van der Waals surface area contributed by atoms with Gasteiger partial charge in [0.05, 0.1) is 11.2 Å². The van der Waals surface area contributed by atoms with Crippen molar-refractivity contribution >= 4 is 17.0 Å². The number of aromatic nitrogens is 1. The molecule has 1 heterocycles. The maximum atomic E-state index is 4.77. The van der Waals surface area contributed by atoms with Crippen LogP contribution >= 0.6 is 0 Å². The molecule has 2 aliphatic rings. The Kier molecular flexibility index (Phi) is 1.45. The molecule has 0 saturated heterocycles. The number of nitrogens with zero attached hydrogens (tertiary/aromatic N) is 1. The fraction of sp³-hybridized carbons (Fsp3) is 0.267. The Morgan fingerprint density at radius 2 is 2.12 bits per heavy atom. The zero-order chi connectivity index (χ0) is 10.7. The summed E-state index contributed by atoms with van der Waals surface area (Å²) < 4.78 is 0. The molecular formula is C15H13N. The molecule has 2 aliphatic carbocycles. The topological polar surface area (TPSA) is 12.9 Å². The van der Waals surface area contributed by atoms with Crippen LogP contribution in [0.3, 0.4) is 0 Å². The molecule has 1 aromatic heterocycles. The molecule has 0 amide bonds. The van der Waals surface area contributed by atoms with Gasteiger partial charge in [-0.2, -0.15) is 0 Å². The quantitative estimate of drug-likeness (QED) is 0.642. The third-order valence-corrected chi connectivity index (χ3v) is 3.94. The van der Waals surface area contributed by atoms with Gasteiger partial charge in [-0.3, -0.25) is 0 Å². The number of rotatable bonds is 0. The molecule has 1 saturated carbocycles. The van der Waals surface area contributed by atoms with Crippen molar-refractivity contribution in [3.8, 4) is 0 Å². The van der Waals surface area contributed by atoms with E-state index in [0.717, 1.165) is 17.4 Å². The van der Waals surface area contributed by atoms with E-state index in [9.17, 15) is 0 Å². The van der Waals surface area contributed by atoms with Crippen LogP contribution in [0.5, 0.6) is 0 Å². The molecule has 0 aliphatic heterocycles. The Morgan fingerprint density at radius 1 is 1.25 bits per heavy atom. The first kappa shape index (κ1) is 8.51. The number of fused-ring (bicyclic) bond motifs is 4. The average molecular weight is 207 g/mol. The minimum absolute atomic E-state index is 0.761. The van der Waals surface area contributed by atoms with Crippen molar-refractivity contribution in [1.29, 1.82) is 0 Å². The fourth-order valence-corrected chi connectivity index (χ4v) is 2.98. The number of pyridine rings is 1. The normalized spacial score (nSPS) is 25.3. The number of aryl methyl sites for hydroxylation is 1. The maximum Gasteiger partial charge on any atom is 0.0712 e. The molecule has 1 nitrogen and oxygen atoms in total. The Labute approximate surface area is 94.8 Å². The number of hydrogen-bond donors (Lipinski definition) is 0. The lowest BCUT2D eigenvalue weighted by molar-refractivity contribution is 0.969. The monoisotopic (exact) mass is 207 g/mol. The highest BCUT2D eigenvalue weighted by Gasteiger charge is 2.41.